The standard InChI is InChI=1S/C13H11BrN2O4S/c14-11-5-4-8(21-11)6-7-15-13(18)9-2-1-3-10(12(9)17)16(19)20/h1-5,17H,6-7H2,(H,15,18). The maximum atomic E-state index is 11.9. The molecule has 0 aliphatic carbocycles. The number of thiophene rings is 1. The summed E-state index contributed by atoms with van der Waals surface area (Å²) < 4.78 is 1.01. The number of halogens is 1. The summed E-state index contributed by atoms with van der Waals surface area (Å²) in [5.74, 6) is -1.15. The molecule has 2 N–H and O–H groups in total. The number of hydrogen-bond acceptors (Lipinski definition) is 5. The second-order valence-electron chi connectivity index (χ2n) is 4.14. The van der Waals surface area contributed by atoms with E-state index in [1.807, 2.05) is 12.1 Å². The predicted molar refractivity (Wildman–Crippen MR) is 82.8 cm³/mol. The van der Waals surface area contributed by atoms with Crippen LogP contribution in [-0.4, -0.2) is 22.5 Å². The van der Waals surface area contributed by atoms with Crippen LogP contribution in [0, 0.1) is 10.1 Å². The number of amides is 1. The molecule has 0 saturated heterocycles. The molecule has 2 aromatic rings. The summed E-state index contributed by atoms with van der Waals surface area (Å²) in [5.41, 5.74) is -0.582. The van der Waals surface area contributed by atoms with Gasteiger partial charge in [0.1, 0.15) is 0 Å². The van der Waals surface area contributed by atoms with Crippen LogP contribution in [0.4, 0.5) is 5.69 Å². The first kappa shape index (κ1) is 15.5. The SMILES string of the molecule is O=C(NCCc1ccc(Br)s1)c1cccc([N+](=O)[O-])c1O. The van der Waals surface area contributed by atoms with E-state index in [0.717, 1.165) is 14.7 Å². The lowest BCUT2D eigenvalue weighted by molar-refractivity contribution is -0.385. The van der Waals surface area contributed by atoms with Crippen LogP contribution in [-0.2, 0) is 6.42 Å². The van der Waals surface area contributed by atoms with Gasteiger partial charge in [0.15, 0.2) is 0 Å². The Balaban J connectivity index is 2.00. The van der Waals surface area contributed by atoms with Crippen molar-refractivity contribution in [3.8, 4) is 5.75 Å². The van der Waals surface area contributed by atoms with Crippen molar-refractivity contribution < 1.29 is 14.8 Å². The molecule has 0 bridgehead atoms. The number of rotatable bonds is 5. The minimum atomic E-state index is -0.727. The monoisotopic (exact) mass is 370 g/mol. The Kier molecular flexibility index (Phi) is 4.92. The average Bonchev–Trinajstić information content (AvgIpc) is 2.84. The molecule has 8 heteroatoms. The largest absolute Gasteiger partial charge is 0.502 e. The van der Waals surface area contributed by atoms with Crippen molar-refractivity contribution in [1.82, 2.24) is 5.32 Å². The Morgan fingerprint density at radius 2 is 2.14 bits per heavy atom. The van der Waals surface area contributed by atoms with Crippen LogP contribution < -0.4 is 5.32 Å². The minimum absolute atomic E-state index is 0.100. The Hall–Kier alpha value is -1.93. The molecule has 0 fully saturated rings. The number of nitro groups is 1. The van der Waals surface area contributed by atoms with Crippen molar-refractivity contribution >= 4 is 38.9 Å². The van der Waals surface area contributed by atoms with Gasteiger partial charge in [0.2, 0.25) is 5.75 Å². The Morgan fingerprint density at radius 3 is 2.76 bits per heavy atom. The molecule has 0 aliphatic rings. The molecule has 0 radical (unpaired) electrons. The number of benzene rings is 1. The third-order valence-electron chi connectivity index (χ3n) is 2.74. The predicted octanol–water partition coefficient (Wildman–Crippen LogP) is 3.10. The van der Waals surface area contributed by atoms with E-state index in [9.17, 15) is 20.0 Å². The van der Waals surface area contributed by atoms with Crippen LogP contribution in [0.15, 0.2) is 34.1 Å². The molecule has 1 aromatic carbocycles. The lowest BCUT2D eigenvalue weighted by Gasteiger charge is -2.06. The van der Waals surface area contributed by atoms with Crippen molar-refractivity contribution in [2.24, 2.45) is 0 Å². The molecule has 1 heterocycles. The van der Waals surface area contributed by atoms with Gasteiger partial charge in [-0.2, -0.15) is 0 Å². The fourth-order valence-electron chi connectivity index (χ4n) is 1.74. The number of phenols is 1. The maximum absolute atomic E-state index is 11.9. The zero-order chi connectivity index (χ0) is 15.4. The molecule has 0 spiro atoms. The van der Waals surface area contributed by atoms with E-state index in [1.165, 1.54) is 12.1 Å². The fourth-order valence-corrected chi connectivity index (χ4v) is 3.23. The van der Waals surface area contributed by atoms with Crippen molar-refractivity contribution in [3.05, 3.63) is 54.7 Å². The van der Waals surface area contributed by atoms with Gasteiger partial charge < -0.3 is 10.4 Å². The minimum Gasteiger partial charge on any atom is -0.502 e. The molecule has 0 saturated carbocycles. The summed E-state index contributed by atoms with van der Waals surface area (Å²) in [4.78, 5) is 23.0. The topological polar surface area (TPSA) is 92.5 Å². The van der Waals surface area contributed by atoms with Crippen LogP contribution in [0.1, 0.15) is 15.2 Å². The fraction of sp³-hybridized carbons (Fsp3) is 0.154. The van der Waals surface area contributed by atoms with Crippen molar-refractivity contribution in [2.75, 3.05) is 6.54 Å². The highest BCUT2D eigenvalue weighted by Crippen LogP contribution is 2.29. The lowest BCUT2D eigenvalue weighted by atomic mass is 10.1. The number of phenolic OH excluding ortho intramolecular Hbond substituents is 1. The molecule has 0 aliphatic heterocycles. The second kappa shape index (κ2) is 6.68. The Bertz CT molecular complexity index is 687. The molecular weight excluding hydrogens is 360 g/mol. The van der Waals surface area contributed by atoms with E-state index in [1.54, 1.807) is 11.3 Å². The van der Waals surface area contributed by atoms with E-state index in [2.05, 4.69) is 21.2 Å². The van der Waals surface area contributed by atoms with Gasteiger partial charge in [-0.25, -0.2) is 0 Å². The summed E-state index contributed by atoms with van der Waals surface area (Å²) in [7, 11) is 0. The number of para-hydroxylation sites is 1. The number of nitrogens with zero attached hydrogens (tertiary/aromatic N) is 1. The zero-order valence-electron chi connectivity index (χ0n) is 10.7. The molecular formula is C13H11BrN2O4S. The van der Waals surface area contributed by atoms with Crippen LogP contribution in [0.3, 0.4) is 0 Å². The quantitative estimate of drug-likeness (QED) is 0.624. The summed E-state index contributed by atoms with van der Waals surface area (Å²) in [6, 6.07) is 7.73. The van der Waals surface area contributed by atoms with Crippen LogP contribution in [0.2, 0.25) is 0 Å². The normalized spacial score (nSPS) is 10.3. The molecule has 2 rings (SSSR count). The van der Waals surface area contributed by atoms with Crippen molar-refractivity contribution in [1.29, 1.82) is 0 Å². The van der Waals surface area contributed by atoms with E-state index in [4.69, 9.17) is 0 Å². The Labute approximate surface area is 132 Å². The molecule has 6 nitrogen and oxygen atoms in total. The highest BCUT2D eigenvalue weighted by molar-refractivity contribution is 9.11. The van der Waals surface area contributed by atoms with Gasteiger partial charge in [-0.15, -0.1) is 11.3 Å². The molecule has 0 atom stereocenters. The summed E-state index contributed by atoms with van der Waals surface area (Å²) in [5, 5.41) is 23.1. The number of hydrogen-bond donors (Lipinski definition) is 2. The van der Waals surface area contributed by atoms with E-state index < -0.39 is 22.3 Å². The van der Waals surface area contributed by atoms with Gasteiger partial charge in [-0.1, -0.05) is 6.07 Å². The number of nitro benzene ring substituents is 1. The van der Waals surface area contributed by atoms with E-state index >= 15 is 0 Å². The highest BCUT2D eigenvalue weighted by Gasteiger charge is 2.20. The third-order valence-corrected chi connectivity index (χ3v) is 4.43. The number of aromatic hydroxyl groups is 1. The molecule has 1 amide bonds. The number of carbonyl (C=O) groups excluding carboxylic acids is 1. The first-order valence-electron chi connectivity index (χ1n) is 5.98. The van der Waals surface area contributed by atoms with Gasteiger partial charge in [0.05, 0.1) is 14.3 Å². The van der Waals surface area contributed by atoms with Crippen LogP contribution in [0.25, 0.3) is 0 Å². The summed E-state index contributed by atoms with van der Waals surface area (Å²) in [6.07, 6.45) is 0.650. The first-order chi connectivity index (χ1) is 9.99. The highest BCUT2D eigenvalue weighted by atomic mass is 79.9. The second-order valence-corrected chi connectivity index (χ2v) is 6.69. The van der Waals surface area contributed by atoms with E-state index in [-0.39, 0.29) is 5.56 Å². The van der Waals surface area contributed by atoms with Crippen LogP contribution >= 0.6 is 27.3 Å². The van der Waals surface area contributed by atoms with Gasteiger partial charge in [0.25, 0.3) is 5.91 Å². The average molecular weight is 371 g/mol. The Morgan fingerprint density at radius 1 is 1.38 bits per heavy atom. The molecule has 21 heavy (non-hydrogen) atoms. The van der Waals surface area contributed by atoms with Crippen molar-refractivity contribution in [3.63, 3.8) is 0 Å². The van der Waals surface area contributed by atoms with Gasteiger partial charge in [-0.05, 0) is 40.5 Å². The zero-order valence-corrected chi connectivity index (χ0v) is 13.1. The third kappa shape index (κ3) is 3.79. The maximum Gasteiger partial charge on any atom is 0.311 e. The number of carbonyl (C=O) groups is 1. The van der Waals surface area contributed by atoms with Crippen LogP contribution in [0.5, 0.6) is 5.75 Å². The van der Waals surface area contributed by atoms with Crippen molar-refractivity contribution in [2.45, 2.75) is 6.42 Å². The van der Waals surface area contributed by atoms with Gasteiger partial charge in [0, 0.05) is 17.5 Å². The smallest absolute Gasteiger partial charge is 0.311 e. The molecule has 110 valence electrons. The van der Waals surface area contributed by atoms with Gasteiger partial charge in [-0.3, -0.25) is 14.9 Å². The van der Waals surface area contributed by atoms with Gasteiger partial charge >= 0.3 is 5.69 Å². The molecule has 1 aromatic heterocycles. The van der Waals surface area contributed by atoms with E-state index in [0.29, 0.717) is 13.0 Å². The lowest BCUT2D eigenvalue weighted by Crippen LogP contribution is -2.25. The number of nitrogens with one attached hydrogen (secondary N) is 1. The first-order valence-corrected chi connectivity index (χ1v) is 7.59. The summed E-state index contributed by atoms with van der Waals surface area (Å²) >= 11 is 4.93. The molecule has 0 unspecified atom stereocenters. The summed E-state index contributed by atoms with van der Waals surface area (Å²) in [6.45, 7) is 0.383.